The van der Waals surface area contributed by atoms with E-state index in [1.807, 2.05) is 0 Å². The highest BCUT2D eigenvalue weighted by atomic mass is 32.1. The van der Waals surface area contributed by atoms with Crippen LogP contribution in [-0.4, -0.2) is 18.1 Å². The molecule has 0 spiro atoms. The first-order valence-corrected chi connectivity index (χ1v) is 28.3. The van der Waals surface area contributed by atoms with E-state index in [-0.39, 0.29) is 6.67 Å². The molecule has 3 nitrogen and oxygen atoms in total. The summed E-state index contributed by atoms with van der Waals surface area (Å²) >= 11 is 3.46. The zero-order valence-corrected chi connectivity index (χ0v) is 46.4. The minimum Gasteiger partial charge on any atom is -0.481 e. The van der Waals surface area contributed by atoms with E-state index in [1.165, 1.54) is 60.4 Å². The van der Waals surface area contributed by atoms with Gasteiger partial charge in [-0.2, -0.15) is 26.3 Å². The summed E-state index contributed by atoms with van der Waals surface area (Å²) in [7, 11) is 0. The van der Waals surface area contributed by atoms with Crippen molar-refractivity contribution < 1.29 is 31.1 Å². The molecule has 0 fully saturated rings. The quantitative estimate of drug-likeness (QED) is 0.0766. The maximum absolute atomic E-state index is 13.8. The van der Waals surface area contributed by atoms with Crippen LogP contribution in [0.2, 0.25) is 0 Å². The van der Waals surface area contributed by atoms with Gasteiger partial charge in [0.2, 0.25) is 0 Å². The Labute approximate surface area is 434 Å². The predicted octanol–water partition coefficient (Wildman–Crippen LogP) is 19.9. The van der Waals surface area contributed by atoms with Gasteiger partial charge < -0.3 is 4.74 Å². The van der Waals surface area contributed by atoms with Crippen LogP contribution in [0.3, 0.4) is 0 Å². The molecule has 0 radical (unpaired) electrons. The Balaban J connectivity index is 1.36. The SMILES string of the molecule is CCC(C)(C1=CC(C)(C)C=C(c2cc3c(s2)-c2sc(C(C)(CC)c4ccc(C(F)(F)F)cc4)cc2OC3(CCC(C)CCCC(C)C)CCC(C)CCCC(C)C)C2=NCN=C12)c1ccc(C(F)(F)F)cc1. The second-order valence-electron chi connectivity index (χ2n) is 23.3. The molecule has 4 aromatic rings. The Kier molecular flexibility index (Phi) is 16.8. The molecular formula is C61H78F6N2OS2. The molecule has 72 heavy (non-hydrogen) atoms. The van der Waals surface area contributed by atoms with E-state index < -0.39 is 45.3 Å². The smallest absolute Gasteiger partial charge is 0.416 e. The highest BCUT2D eigenvalue weighted by Gasteiger charge is 2.47. The number of benzene rings is 2. The maximum Gasteiger partial charge on any atom is 0.416 e. The predicted molar refractivity (Wildman–Crippen MR) is 291 cm³/mol. The fourth-order valence-corrected chi connectivity index (χ4v) is 13.8. The number of allylic oxidation sites excluding steroid dienone is 4. The summed E-state index contributed by atoms with van der Waals surface area (Å²) in [6, 6.07) is 15.8. The van der Waals surface area contributed by atoms with E-state index in [1.54, 1.807) is 46.9 Å². The van der Waals surface area contributed by atoms with E-state index in [0.717, 1.165) is 92.6 Å². The van der Waals surface area contributed by atoms with E-state index in [2.05, 4.69) is 107 Å². The molecular weight excluding hydrogens is 955 g/mol. The molecule has 2 aromatic heterocycles. The van der Waals surface area contributed by atoms with Gasteiger partial charge in [0.25, 0.3) is 0 Å². The third-order valence-corrected chi connectivity index (χ3v) is 18.9. The van der Waals surface area contributed by atoms with Gasteiger partial charge in [-0.1, -0.05) is 158 Å². The Morgan fingerprint density at radius 2 is 1.08 bits per heavy atom. The van der Waals surface area contributed by atoms with Gasteiger partial charge in [-0.15, -0.1) is 22.7 Å². The third-order valence-electron chi connectivity index (χ3n) is 16.2. The monoisotopic (exact) mass is 1030 g/mol. The molecule has 4 heterocycles. The van der Waals surface area contributed by atoms with Crippen molar-refractivity contribution >= 4 is 39.7 Å². The van der Waals surface area contributed by atoms with Crippen molar-refractivity contribution in [3.8, 4) is 15.5 Å². The summed E-state index contributed by atoms with van der Waals surface area (Å²) in [4.78, 5) is 14.5. The van der Waals surface area contributed by atoms with Crippen LogP contribution in [0.15, 0.2) is 88.4 Å². The van der Waals surface area contributed by atoms with Gasteiger partial charge in [0.05, 0.1) is 32.3 Å². The van der Waals surface area contributed by atoms with Gasteiger partial charge in [0.1, 0.15) is 18.0 Å². The van der Waals surface area contributed by atoms with Crippen LogP contribution in [0, 0.1) is 29.1 Å². The normalized spacial score (nSPS) is 20.3. The first-order chi connectivity index (χ1) is 33.7. The topological polar surface area (TPSA) is 34.0 Å². The summed E-state index contributed by atoms with van der Waals surface area (Å²) < 4.78 is 90.5. The second-order valence-corrected chi connectivity index (χ2v) is 25.4. The van der Waals surface area contributed by atoms with Crippen LogP contribution in [0.25, 0.3) is 15.3 Å². The van der Waals surface area contributed by atoms with Crippen LogP contribution in [0.4, 0.5) is 26.3 Å². The number of hydrogen-bond acceptors (Lipinski definition) is 5. The summed E-state index contributed by atoms with van der Waals surface area (Å²) in [6.07, 6.45) is 7.77. The molecule has 3 aliphatic rings. The van der Waals surface area contributed by atoms with Crippen LogP contribution in [0.1, 0.15) is 198 Å². The molecule has 0 N–H and O–H groups in total. The van der Waals surface area contributed by atoms with Gasteiger partial charge in [-0.05, 0) is 115 Å². The van der Waals surface area contributed by atoms with Crippen molar-refractivity contribution in [2.75, 3.05) is 6.67 Å². The lowest BCUT2D eigenvalue weighted by molar-refractivity contribution is -0.138. The van der Waals surface area contributed by atoms with Gasteiger partial charge in [0.15, 0.2) is 0 Å². The summed E-state index contributed by atoms with van der Waals surface area (Å²) in [6.45, 7) is 26.9. The number of hydrogen-bond donors (Lipinski definition) is 0. The molecule has 4 unspecified atom stereocenters. The Morgan fingerprint density at radius 3 is 1.57 bits per heavy atom. The summed E-state index contributed by atoms with van der Waals surface area (Å²) in [5.41, 5.74) is 2.65. The fourth-order valence-electron chi connectivity index (χ4n) is 11.1. The molecule has 0 saturated heterocycles. The average molecular weight is 1030 g/mol. The van der Waals surface area contributed by atoms with Gasteiger partial charge >= 0.3 is 12.4 Å². The molecule has 0 amide bonds. The molecule has 2 aliphatic heterocycles. The number of halogens is 6. The average Bonchev–Trinajstić information content (AvgIpc) is 4.08. The number of alkyl halides is 6. The van der Waals surface area contributed by atoms with E-state index in [9.17, 15) is 26.3 Å². The van der Waals surface area contributed by atoms with Crippen LogP contribution in [-0.2, 0) is 28.8 Å². The number of rotatable bonds is 21. The Hall–Kier alpha value is -3.96. The van der Waals surface area contributed by atoms with Crippen molar-refractivity contribution in [2.45, 2.75) is 189 Å². The standard InChI is InChI=1S/C61H78F6N2OS2/c1-13-57(11,42-21-25-44(26-22-42)60(62,63)64)48-36-56(9,10)35-46(52-53(48)69-37-68-52)50-33-47-54(71-50)55-49(34-51(72-55)58(12,14-2)43-23-27-45(28-24-43)61(65,66)67)70-59(47,31-29-40(7)19-15-17-38(3)4)32-30-41(8)20-16-18-39(5)6/h21-28,33-36,38-41H,13-20,29-32,37H2,1-12H3. The van der Waals surface area contributed by atoms with Gasteiger partial charge in [-0.3, -0.25) is 9.98 Å². The minimum absolute atomic E-state index is 0.256. The van der Waals surface area contributed by atoms with Crippen LogP contribution in [0.5, 0.6) is 5.75 Å². The first-order valence-electron chi connectivity index (χ1n) is 26.6. The van der Waals surface area contributed by atoms with Crippen molar-refractivity contribution in [1.82, 2.24) is 0 Å². The molecule has 0 bridgehead atoms. The van der Waals surface area contributed by atoms with Crippen molar-refractivity contribution in [2.24, 2.45) is 39.1 Å². The zero-order valence-electron chi connectivity index (χ0n) is 44.8. The molecule has 7 rings (SSSR count). The maximum atomic E-state index is 13.8. The summed E-state index contributed by atoms with van der Waals surface area (Å²) in [5, 5.41) is 0. The Morgan fingerprint density at radius 1 is 0.597 bits per heavy atom. The number of nitrogens with zero attached hydrogens (tertiary/aromatic N) is 2. The molecule has 0 saturated carbocycles. The molecule has 11 heteroatoms. The highest BCUT2D eigenvalue weighted by molar-refractivity contribution is 7.23. The second kappa shape index (κ2) is 21.7. The fraction of sp³-hybridized carbons (Fsp3) is 0.574. The van der Waals surface area contributed by atoms with Crippen molar-refractivity contribution in [1.29, 1.82) is 0 Å². The van der Waals surface area contributed by atoms with E-state index in [0.29, 0.717) is 36.5 Å². The van der Waals surface area contributed by atoms with Gasteiger partial charge in [0, 0.05) is 37.1 Å². The van der Waals surface area contributed by atoms with Crippen molar-refractivity contribution in [3.05, 3.63) is 116 Å². The molecule has 4 atom stereocenters. The molecule has 2 aromatic carbocycles. The molecule has 392 valence electrons. The van der Waals surface area contributed by atoms with Crippen LogP contribution >= 0.6 is 22.7 Å². The van der Waals surface area contributed by atoms with Crippen molar-refractivity contribution in [3.63, 3.8) is 0 Å². The number of thiophene rings is 2. The van der Waals surface area contributed by atoms with E-state index in [4.69, 9.17) is 14.7 Å². The highest BCUT2D eigenvalue weighted by Crippen LogP contribution is 2.59. The Bertz CT molecular complexity index is 2620. The largest absolute Gasteiger partial charge is 0.481 e. The molecule has 1 aliphatic carbocycles. The lowest BCUT2D eigenvalue weighted by atomic mass is 9.69. The third kappa shape index (κ3) is 11.9. The summed E-state index contributed by atoms with van der Waals surface area (Å²) in [5.74, 6) is 3.15. The number of ether oxygens (including phenoxy) is 1. The lowest BCUT2D eigenvalue weighted by Crippen LogP contribution is -2.36. The van der Waals surface area contributed by atoms with Crippen LogP contribution < -0.4 is 4.74 Å². The number of aliphatic imine (C=N–C) groups is 2. The van der Waals surface area contributed by atoms with Gasteiger partial charge in [-0.25, -0.2) is 0 Å². The zero-order chi connectivity index (χ0) is 52.6. The van der Waals surface area contributed by atoms with E-state index >= 15 is 0 Å². The number of fused-ring (bicyclic) bond motifs is 4. The lowest BCUT2D eigenvalue weighted by Gasteiger charge is -2.39. The first kappa shape index (κ1) is 55.8. The minimum atomic E-state index is -4.44.